The van der Waals surface area contributed by atoms with Gasteiger partial charge in [-0.3, -0.25) is 4.79 Å². The molecule has 10 heteroatoms. The fourth-order valence-corrected chi connectivity index (χ4v) is 5.94. The third-order valence-electron chi connectivity index (χ3n) is 7.01. The summed E-state index contributed by atoms with van der Waals surface area (Å²) in [6.45, 7) is 6.77. The van der Waals surface area contributed by atoms with Crippen LogP contribution in [-0.4, -0.2) is 62.9 Å². The molecule has 1 aliphatic carbocycles. The summed E-state index contributed by atoms with van der Waals surface area (Å²) in [5.41, 5.74) is 3.01. The van der Waals surface area contributed by atoms with Crippen LogP contribution in [0.1, 0.15) is 41.4 Å². The third-order valence-corrected chi connectivity index (χ3v) is 8.11. The molecular weight excluding hydrogens is 474 g/mol. The molecule has 1 aliphatic heterocycles. The van der Waals surface area contributed by atoms with E-state index < -0.39 is 0 Å². The molecule has 8 nitrogen and oxygen atoms in total. The molecule has 2 atom stereocenters. The number of aryl methyl sites for hydroxylation is 1. The molecule has 1 saturated heterocycles. The van der Waals surface area contributed by atoms with Gasteiger partial charge < -0.3 is 18.6 Å². The van der Waals surface area contributed by atoms with Crippen molar-refractivity contribution in [3.05, 3.63) is 41.4 Å². The first-order chi connectivity index (χ1) is 15.9. The highest BCUT2D eigenvalue weighted by Gasteiger charge is 2.60. The number of ketones is 1. The molecule has 0 radical (unpaired) electrons. The van der Waals surface area contributed by atoms with Gasteiger partial charge in [-0.05, 0) is 56.8 Å². The van der Waals surface area contributed by atoms with E-state index in [0.717, 1.165) is 42.7 Å². The number of benzene rings is 1. The largest absolute Gasteiger partial charge is 0.496 e. The quantitative estimate of drug-likeness (QED) is 0.244. The molecule has 0 bridgehead atoms. The molecule has 0 spiro atoms. The zero-order valence-electron chi connectivity index (χ0n) is 19.9. The van der Waals surface area contributed by atoms with Gasteiger partial charge in [0.05, 0.1) is 18.4 Å². The number of nitrogens with zero attached hydrogens (tertiary/aromatic N) is 5. The van der Waals surface area contributed by atoms with Gasteiger partial charge in [-0.2, -0.15) is 0 Å². The van der Waals surface area contributed by atoms with E-state index in [-0.39, 0.29) is 23.6 Å². The van der Waals surface area contributed by atoms with Gasteiger partial charge >= 0.3 is 0 Å². The van der Waals surface area contributed by atoms with Crippen molar-refractivity contribution >= 4 is 30.0 Å². The van der Waals surface area contributed by atoms with E-state index in [1.807, 2.05) is 24.6 Å². The molecule has 1 saturated carbocycles. The predicted octanol–water partition coefficient (Wildman–Crippen LogP) is 4.17. The highest BCUT2D eigenvalue weighted by atomic mass is 35.5. The minimum atomic E-state index is 0. The Morgan fingerprint density at radius 3 is 2.88 bits per heavy atom. The summed E-state index contributed by atoms with van der Waals surface area (Å²) in [6.07, 6.45) is 3.75. The SMILES string of the molecule is COc1cc([C@@]23C[C@@H]2CN(CCCSc2nnc(-c4ocnc4C)n2C)C3)ccc1C(C)=O.Cl. The lowest BCUT2D eigenvalue weighted by Crippen LogP contribution is -2.28. The van der Waals surface area contributed by atoms with E-state index in [2.05, 4.69) is 32.2 Å². The van der Waals surface area contributed by atoms with Gasteiger partial charge in [0.15, 0.2) is 23.1 Å². The number of rotatable bonds is 9. The lowest BCUT2D eigenvalue weighted by atomic mass is 9.93. The zero-order valence-corrected chi connectivity index (χ0v) is 21.5. The average Bonchev–Trinajstić information content (AvgIpc) is 3.10. The average molecular weight is 504 g/mol. The molecule has 3 aromatic rings. The second-order valence-electron chi connectivity index (χ2n) is 9.10. The highest BCUT2D eigenvalue weighted by Crippen LogP contribution is 2.59. The number of thioether (sulfide) groups is 1. The Morgan fingerprint density at radius 2 is 2.18 bits per heavy atom. The second kappa shape index (κ2) is 9.71. The summed E-state index contributed by atoms with van der Waals surface area (Å²) in [4.78, 5) is 18.5. The van der Waals surface area contributed by atoms with Crippen LogP contribution in [0.15, 0.2) is 34.2 Å². The molecule has 34 heavy (non-hydrogen) atoms. The molecule has 182 valence electrons. The Morgan fingerprint density at radius 1 is 1.35 bits per heavy atom. The smallest absolute Gasteiger partial charge is 0.202 e. The molecule has 3 heterocycles. The molecular formula is C24H30ClN5O3S. The summed E-state index contributed by atoms with van der Waals surface area (Å²) >= 11 is 1.72. The minimum absolute atomic E-state index is 0. The van der Waals surface area contributed by atoms with E-state index in [9.17, 15) is 4.79 Å². The number of halogens is 1. The van der Waals surface area contributed by atoms with Crippen molar-refractivity contribution in [3.63, 3.8) is 0 Å². The number of oxazole rings is 1. The first kappa shape index (κ1) is 24.8. The number of Topliss-reactive ketones (excluding diaryl/α,β-unsaturated/α-hetero) is 1. The Labute approximate surface area is 209 Å². The second-order valence-corrected chi connectivity index (χ2v) is 10.2. The molecule has 0 amide bonds. The van der Waals surface area contributed by atoms with Gasteiger partial charge in [0, 0.05) is 31.3 Å². The molecule has 0 unspecified atom stereocenters. The van der Waals surface area contributed by atoms with Crippen LogP contribution in [0.4, 0.5) is 0 Å². The van der Waals surface area contributed by atoms with Crippen molar-refractivity contribution < 1.29 is 13.9 Å². The van der Waals surface area contributed by atoms with E-state index in [1.165, 1.54) is 18.4 Å². The maximum atomic E-state index is 11.8. The van der Waals surface area contributed by atoms with Crippen molar-refractivity contribution in [1.29, 1.82) is 0 Å². The van der Waals surface area contributed by atoms with E-state index in [4.69, 9.17) is 9.15 Å². The highest BCUT2D eigenvalue weighted by molar-refractivity contribution is 7.99. The molecule has 5 rings (SSSR count). The molecule has 2 aromatic heterocycles. The number of carbonyl (C=O) groups excluding carboxylic acids is 1. The number of carbonyl (C=O) groups is 1. The lowest BCUT2D eigenvalue weighted by molar-refractivity contribution is 0.101. The number of likely N-dealkylation sites (tertiary alicyclic amines) is 1. The maximum Gasteiger partial charge on any atom is 0.202 e. The number of fused-ring (bicyclic) bond motifs is 1. The number of methoxy groups -OCH3 is 1. The minimum Gasteiger partial charge on any atom is -0.496 e. The van der Waals surface area contributed by atoms with Crippen molar-refractivity contribution in [2.24, 2.45) is 13.0 Å². The predicted molar refractivity (Wildman–Crippen MR) is 133 cm³/mol. The number of hydrogen-bond donors (Lipinski definition) is 0. The van der Waals surface area contributed by atoms with Gasteiger partial charge in [-0.25, -0.2) is 4.98 Å². The fourth-order valence-electron chi connectivity index (χ4n) is 5.10. The van der Waals surface area contributed by atoms with Crippen molar-refractivity contribution in [2.45, 2.75) is 37.3 Å². The van der Waals surface area contributed by atoms with E-state index in [1.54, 1.807) is 25.8 Å². The van der Waals surface area contributed by atoms with Gasteiger partial charge in [0.25, 0.3) is 0 Å². The van der Waals surface area contributed by atoms with Crippen LogP contribution in [-0.2, 0) is 12.5 Å². The van der Waals surface area contributed by atoms with Crippen molar-refractivity contribution in [2.75, 3.05) is 32.5 Å². The standard InChI is InChI=1S/C24H29N5O3S.ClH/c1-15-21(32-14-25-15)22-26-27-23(28(22)3)33-9-5-8-29-12-18-11-24(18,13-29)17-6-7-19(16(2)30)20(10-17)31-4;/h6-7,10,14,18H,5,8-9,11-13H2,1-4H3;1H/t18-,24+;/m1./s1. The van der Waals surface area contributed by atoms with Crippen LogP contribution in [0.3, 0.4) is 0 Å². The summed E-state index contributed by atoms with van der Waals surface area (Å²) < 4.78 is 12.9. The molecule has 2 fully saturated rings. The van der Waals surface area contributed by atoms with Crippen LogP contribution in [0, 0.1) is 12.8 Å². The Hall–Kier alpha value is -2.36. The number of aromatic nitrogens is 4. The topological polar surface area (TPSA) is 86.3 Å². The first-order valence-electron chi connectivity index (χ1n) is 11.3. The fraction of sp³-hybridized carbons (Fsp3) is 0.500. The van der Waals surface area contributed by atoms with E-state index in [0.29, 0.717) is 28.8 Å². The zero-order chi connectivity index (χ0) is 23.2. The summed E-state index contributed by atoms with van der Waals surface area (Å²) in [5, 5.41) is 9.50. The van der Waals surface area contributed by atoms with Crippen molar-refractivity contribution in [3.8, 4) is 17.3 Å². The monoisotopic (exact) mass is 503 g/mol. The van der Waals surface area contributed by atoms with Gasteiger partial charge in [-0.1, -0.05) is 17.8 Å². The Kier molecular flexibility index (Phi) is 7.07. The number of ether oxygens (including phenoxy) is 1. The van der Waals surface area contributed by atoms with Crippen LogP contribution in [0.25, 0.3) is 11.6 Å². The molecule has 0 N–H and O–H groups in total. The van der Waals surface area contributed by atoms with E-state index >= 15 is 0 Å². The van der Waals surface area contributed by atoms with Gasteiger partial charge in [0.2, 0.25) is 5.82 Å². The first-order valence-corrected chi connectivity index (χ1v) is 12.3. The molecule has 1 aromatic carbocycles. The lowest BCUT2D eigenvalue weighted by Gasteiger charge is -2.21. The van der Waals surface area contributed by atoms with Crippen LogP contribution in [0.5, 0.6) is 5.75 Å². The molecule has 2 aliphatic rings. The van der Waals surface area contributed by atoms with Gasteiger partial charge in [-0.15, -0.1) is 22.6 Å². The number of hydrogen-bond acceptors (Lipinski definition) is 8. The Bertz CT molecular complexity index is 1200. The normalized spacial score (nSPS) is 21.2. The summed E-state index contributed by atoms with van der Waals surface area (Å²) in [6, 6.07) is 6.13. The summed E-state index contributed by atoms with van der Waals surface area (Å²) in [5.74, 6) is 3.80. The third kappa shape index (κ3) is 4.36. The maximum absolute atomic E-state index is 11.8. The van der Waals surface area contributed by atoms with Crippen LogP contribution >= 0.6 is 24.2 Å². The van der Waals surface area contributed by atoms with Crippen LogP contribution in [0.2, 0.25) is 0 Å². The van der Waals surface area contributed by atoms with Gasteiger partial charge in [0.1, 0.15) is 5.75 Å². The summed E-state index contributed by atoms with van der Waals surface area (Å²) in [7, 11) is 3.60. The van der Waals surface area contributed by atoms with Crippen LogP contribution < -0.4 is 4.74 Å². The Balaban J connectivity index is 0.00000274. The van der Waals surface area contributed by atoms with Crippen molar-refractivity contribution in [1.82, 2.24) is 24.6 Å². The number of piperidine rings is 1.